The second-order valence-corrected chi connectivity index (χ2v) is 6.56. The summed E-state index contributed by atoms with van der Waals surface area (Å²) in [7, 11) is 0. The molecule has 0 aliphatic carbocycles. The molecule has 0 unspecified atom stereocenters. The first-order valence-corrected chi connectivity index (χ1v) is 9.04. The minimum atomic E-state index is -0.789. The molecule has 25 heavy (non-hydrogen) atoms. The first-order chi connectivity index (χ1) is 12.0. The van der Waals surface area contributed by atoms with Gasteiger partial charge in [0.25, 0.3) is 0 Å². The number of hydrogen-bond acceptors (Lipinski definition) is 4. The number of likely N-dealkylation sites (tertiary alicyclic amines) is 1. The van der Waals surface area contributed by atoms with Crippen molar-refractivity contribution in [2.45, 2.75) is 39.2 Å². The molecule has 2 rings (SSSR count). The van der Waals surface area contributed by atoms with E-state index in [0.717, 1.165) is 25.1 Å². The third-order valence-corrected chi connectivity index (χ3v) is 4.88. The number of piperidine rings is 1. The zero-order chi connectivity index (χ0) is 18.2. The number of aliphatic carboxylic acids is 1. The summed E-state index contributed by atoms with van der Waals surface area (Å²) in [5.41, 5.74) is 2.25. The molecular formula is C19H29N3O3. The van der Waals surface area contributed by atoms with Gasteiger partial charge in [0.1, 0.15) is 0 Å². The summed E-state index contributed by atoms with van der Waals surface area (Å²) < 4.78 is 0. The highest BCUT2D eigenvalue weighted by Crippen LogP contribution is 2.17. The molecule has 6 heteroatoms. The van der Waals surface area contributed by atoms with Crippen LogP contribution in [0.15, 0.2) is 24.3 Å². The maximum atomic E-state index is 12.4. The van der Waals surface area contributed by atoms with E-state index in [2.05, 4.69) is 5.32 Å². The van der Waals surface area contributed by atoms with E-state index < -0.39 is 5.97 Å². The van der Waals surface area contributed by atoms with Gasteiger partial charge in [0.05, 0.1) is 6.54 Å². The van der Waals surface area contributed by atoms with Crippen LogP contribution in [0.1, 0.15) is 31.7 Å². The van der Waals surface area contributed by atoms with Gasteiger partial charge in [-0.3, -0.25) is 14.5 Å². The van der Waals surface area contributed by atoms with Gasteiger partial charge in [-0.2, -0.15) is 0 Å². The molecule has 0 aromatic heterocycles. The molecule has 138 valence electrons. The molecule has 0 saturated carbocycles. The molecule has 1 aromatic rings. The number of rotatable bonds is 8. The maximum absolute atomic E-state index is 12.4. The van der Waals surface area contributed by atoms with Crippen LogP contribution in [0.5, 0.6) is 0 Å². The first kappa shape index (κ1) is 19.2. The molecule has 1 aliphatic rings. The van der Waals surface area contributed by atoms with Crippen molar-refractivity contribution in [1.29, 1.82) is 0 Å². The van der Waals surface area contributed by atoms with Crippen LogP contribution in [0.3, 0.4) is 0 Å². The Hall–Kier alpha value is -2.08. The Morgan fingerprint density at radius 1 is 1.28 bits per heavy atom. The normalized spacial score (nSPS) is 15.4. The summed E-state index contributed by atoms with van der Waals surface area (Å²) in [5, 5.41) is 12.3. The van der Waals surface area contributed by atoms with Crippen molar-refractivity contribution in [3.8, 4) is 0 Å². The molecule has 1 aliphatic heterocycles. The van der Waals surface area contributed by atoms with Crippen LogP contribution in [-0.4, -0.2) is 65.5 Å². The zero-order valence-electron chi connectivity index (χ0n) is 15.2. The van der Waals surface area contributed by atoms with Crippen LogP contribution in [0, 0.1) is 6.92 Å². The number of para-hydroxylation sites is 1. The smallest absolute Gasteiger partial charge is 0.317 e. The molecule has 0 radical (unpaired) electrons. The lowest BCUT2D eigenvalue weighted by Crippen LogP contribution is -2.48. The van der Waals surface area contributed by atoms with Gasteiger partial charge in [0.15, 0.2) is 0 Å². The van der Waals surface area contributed by atoms with Gasteiger partial charge in [-0.25, -0.2) is 0 Å². The van der Waals surface area contributed by atoms with Crippen LogP contribution in [-0.2, 0) is 9.59 Å². The molecule has 6 nitrogen and oxygen atoms in total. The summed E-state index contributed by atoms with van der Waals surface area (Å²) in [5.74, 6) is -0.622. The Kier molecular flexibility index (Phi) is 7.25. The van der Waals surface area contributed by atoms with E-state index >= 15 is 0 Å². The number of benzene rings is 1. The number of hydrogen-bond donors (Lipinski definition) is 2. The Morgan fingerprint density at radius 3 is 2.56 bits per heavy atom. The van der Waals surface area contributed by atoms with Gasteiger partial charge < -0.3 is 15.3 Å². The van der Waals surface area contributed by atoms with Crippen molar-refractivity contribution in [2.24, 2.45) is 0 Å². The third-order valence-electron chi connectivity index (χ3n) is 4.88. The van der Waals surface area contributed by atoms with Crippen molar-refractivity contribution in [1.82, 2.24) is 9.80 Å². The molecular weight excluding hydrogens is 318 g/mol. The highest BCUT2D eigenvalue weighted by Gasteiger charge is 2.26. The summed E-state index contributed by atoms with van der Waals surface area (Å²) >= 11 is 0. The van der Waals surface area contributed by atoms with Crippen LogP contribution >= 0.6 is 0 Å². The topological polar surface area (TPSA) is 72.9 Å². The number of carbonyl (C=O) groups is 2. The van der Waals surface area contributed by atoms with Crippen LogP contribution in [0.2, 0.25) is 0 Å². The Labute approximate surface area is 149 Å². The predicted molar refractivity (Wildman–Crippen MR) is 98.8 cm³/mol. The zero-order valence-corrected chi connectivity index (χ0v) is 15.2. The van der Waals surface area contributed by atoms with Gasteiger partial charge in [-0.1, -0.05) is 25.1 Å². The monoisotopic (exact) mass is 347 g/mol. The summed E-state index contributed by atoms with van der Waals surface area (Å²) in [6.07, 6.45) is 2.17. The van der Waals surface area contributed by atoms with Gasteiger partial charge >= 0.3 is 5.97 Å². The Balaban J connectivity index is 1.73. The predicted octanol–water partition coefficient (Wildman–Crippen LogP) is 2.19. The minimum absolute atomic E-state index is 0.0788. The van der Waals surface area contributed by atoms with E-state index in [0.29, 0.717) is 26.1 Å². The summed E-state index contributed by atoms with van der Waals surface area (Å²) in [6.45, 7) is 6.89. The van der Waals surface area contributed by atoms with E-state index in [4.69, 9.17) is 5.11 Å². The van der Waals surface area contributed by atoms with Crippen LogP contribution in [0.25, 0.3) is 0 Å². The minimum Gasteiger partial charge on any atom is -0.480 e. The van der Waals surface area contributed by atoms with Crippen LogP contribution in [0.4, 0.5) is 5.69 Å². The van der Waals surface area contributed by atoms with Crippen molar-refractivity contribution in [2.75, 3.05) is 38.0 Å². The molecule has 0 spiro atoms. The Bertz CT molecular complexity index is 583. The Morgan fingerprint density at radius 2 is 1.96 bits per heavy atom. The number of amides is 1. The van der Waals surface area contributed by atoms with Crippen LogP contribution < -0.4 is 5.32 Å². The molecule has 1 aromatic carbocycles. The third kappa shape index (κ3) is 5.74. The molecule has 1 amide bonds. The highest BCUT2D eigenvalue weighted by molar-refractivity contribution is 5.77. The lowest BCUT2D eigenvalue weighted by molar-refractivity contribution is -0.140. The van der Waals surface area contributed by atoms with Gasteiger partial charge in [0, 0.05) is 37.8 Å². The van der Waals surface area contributed by atoms with Crippen molar-refractivity contribution in [3.05, 3.63) is 29.8 Å². The number of nitrogens with zero attached hydrogens (tertiary/aromatic N) is 2. The van der Waals surface area contributed by atoms with Gasteiger partial charge in [-0.05, 0) is 37.9 Å². The molecule has 2 N–H and O–H groups in total. The number of carboxylic acids is 1. The molecule has 0 atom stereocenters. The fourth-order valence-corrected chi connectivity index (χ4v) is 3.39. The lowest BCUT2D eigenvalue weighted by Gasteiger charge is -2.37. The molecule has 0 bridgehead atoms. The number of anilines is 1. The van der Waals surface area contributed by atoms with E-state index in [1.807, 2.05) is 47.9 Å². The number of aryl methyl sites for hydroxylation is 1. The fourth-order valence-electron chi connectivity index (χ4n) is 3.39. The molecule has 1 fully saturated rings. The number of nitrogens with one attached hydrogen (secondary N) is 1. The SMILES string of the molecule is CCN(CC(=O)O)C1CCN(C(=O)CCNc2ccccc2C)CC1. The number of carboxylic acid groups (broad SMARTS) is 1. The molecule has 1 saturated heterocycles. The first-order valence-electron chi connectivity index (χ1n) is 9.04. The average Bonchev–Trinajstić information content (AvgIpc) is 2.61. The standard InChI is InChI=1S/C19H29N3O3/c1-3-21(14-19(24)25)16-9-12-22(13-10-16)18(23)8-11-20-17-7-5-4-6-15(17)2/h4-7,16,20H,3,8-14H2,1-2H3,(H,24,25). The second-order valence-electron chi connectivity index (χ2n) is 6.56. The van der Waals surface area contributed by atoms with Gasteiger partial charge in [0.2, 0.25) is 5.91 Å². The van der Waals surface area contributed by atoms with Gasteiger partial charge in [-0.15, -0.1) is 0 Å². The average molecular weight is 347 g/mol. The largest absolute Gasteiger partial charge is 0.480 e. The van der Waals surface area contributed by atoms with E-state index in [-0.39, 0.29) is 18.5 Å². The quantitative estimate of drug-likeness (QED) is 0.754. The number of likely N-dealkylation sites (N-methyl/N-ethyl adjacent to an activating group) is 1. The summed E-state index contributed by atoms with van der Waals surface area (Å²) in [4.78, 5) is 27.2. The molecule has 1 heterocycles. The fraction of sp³-hybridized carbons (Fsp3) is 0.579. The summed E-state index contributed by atoms with van der Waals surface area (Å²) in [6, 6.07) is 8.31. The number of carbonyl (C=O) groups excluding carboxylic acids is 1. The van der Waals surface area contributed by atoms with Crippen molar-refractivity contribution in [3.63, 3.8) is 0 Å². The maximum Gasteiger partial charge on any atom is 0.317 e. The van der Waals surface area contributed by atoms with E-state index in [9.17, 15) is 9.59 Å². The van der Waals surface area contributed by atoms with E-state index in [1.165, 1.54) is 5.56 Å². The van der Waals surface area contributed by atoms with Crippen molar-refractivity contribution < 1.29 is 14.7 Å². The lowest BCUT2D eigenvalue weighted by atomic mass is 10.0. The van der Waals surface area contributed by atoms with E-state index in [1.54, 1.807) is 0 Å². The second kappa shape index (κ2) is 9.42. The van der Waals surface area contributed by atoms with Crippen molar-refractivity contribution >= 4 is 17.6 Å². The highest BCUT2D eigenvalue weighted by atomic mass is 16.4.